The number of urea groups is 1. The Morgan fingerprint density at radius 2 is 1.64 bits per heavy atom. The van der Waals surface area contributed by atoms with Gasteiger partial charge in [-0.1, -0.05) is 65.3 Å². The molecule has 5 rings (SSSR count). The summed E-state index contributed by atoms with van der Waals surface area (Å²) in [5, 5.41) is 14.5. The summed E-state index contributed by atoms with van der Waals surface area (Å²) in [5.74, 6) is 0.440. The molecule has 0 spiro atoms. The summed E-state index contributed by atoms with van der Waals surface area (Å²) < 4.78 is 2.45. The predicted molar refractivity (Wildman–Crippen MR) is 167 cm³/mol. The number of carbonyl (C=O) groups excluding carboxylic acids is 1. The van der Waals surface area contributed by atoms with E-state index >= 15 is 0 Å². The molecule has 0 radical (unpaired) electrons. The number of benzene rings is 4. The molecule has 1 aromatic heterocycles. The number of nitrogens with zero attached hydrogens (tertiary/aromatic N) is 4. The van der Waals surface area contributed by atoms with Gasteiger partial charge in [0.2, 0.25) is 0 Å². The maximum Gasteiger partial charge on any atom is 0.322 e. The SMILES string of the molecule is CCC(c1nc2ccccc2c(=O)n1-c1ccc(Br)cc1)N(CCc1ccccc1)C(=O)Nc1ccc([N+](=O)[O-])cc1. The minimum Gasteiger partial charge on any atom is -0.314 e. The number of para-hydroxylation sites is 1. The highest BCUT2D eigenvalue weighted by molar-refractivity contribution is 9.10. The van der Waals surface area contributed by atoms with Gasteiger partial charge >= 0.3 is 6.03 Å². The molecule has 10 heteroatoms. The number of halogens is 1. The third kappa shape index (κ3) is 6.23. The van der Waals surface area contributed by atoms with Gasteiger partial charge in [0.25, 0.3) is 11.2 Å². The Labute approximate surface area is 250 Å². The first-order valence-corrected chi connectivity index (χ1v) is 14.3. The molecule has 1 N–H and O–H groups in total. The van der Waals surface area contributed by atoms with E-state index in [0.29, 0.717) is 47.5 Å². The monoisotopic (exact) mass is 625 g/mol. The lowest BCUT2D eigenvalue weighted by atomic mass is 10.1. The molecule has 2 amide bonds. The van der Waals surface area contributed by atoms with E-state index < -0.39 is 17.0 Å². The van der Waals surface area contributed by atoms with Crippen molar-refractivity contribution in [3.63, 3.8) is 0 Å². The first-order valence-electron chi connectivity index (χ1n) is 13.5. The van der Waals surface area contributed by atoms with E-state index in [-0.39, 0.29) is 11.2 Å². The first kappa shape index (κ1) is 28.7. The fraction of sp³-hybridized carbons (Fsp3) is 0.156. The molecule has 0 bridgehead atoms. The highest BCUT2D eigenvalue weighted by atomic mass is 79.9. The van der Waals surface area contributed by atoms with Crippen LogP contribution in [-0.4, -0.2) is 32.0 Å². The molecule has 4 aromatic carbocycles. The summed E-state index contributed by atoms with van der Waals surface area (Å²) in [6.45, 7) is 2.29. The molecule has 0 saturated heterocycles. The third-order valence-electron chi connectivity index (χ3n) is 7.02. The number of anilines is 1. The molecule has 0 aliphatic rings. The third-order valence-corrected chi connectivity index (χ3v) is 7.55. The molecule has 5 aromatic rings. The first-order chi connectivity index (χ1) is 20.4. The number of aromatic nitrogens is 2. The van der Waals surface area contributed by atoms with Crippen molar-refractivity contribution < 1.29 is 9.72 Å². The lowest BCUT2D eigenvalue weighted by molar-refractivity contribution is -0.384. The van der Waals surface area contributed by atoms with Gasteiger partial charge in [0.15, 0.2) is 0 Å². The van der Waals surface area contributed by atoms with Crippen molar-refractivity contribution in [2.24, 2.45) is 0 Å². The summed E-state index contributed by atoms with van der Waals surface area (Å²) in [4.78, 5) is 45.1. The Kier molecular flexibility index (Phi) is 8.73. The van der Waals surface area contributed by atoms with Crippen LogP contribution in [0.25, 0.3) is 16.6 Å². The van der Waals surface area contributed by atoms with E-state index in [0.717, 1.165) is 10.0 Å². The summed E-state index contributed by atoms with van der Waals surface area (Å²) in [6, 6.07) is 29.1. The summed E-state index contributed by atoms with van der Waals surface area (Å²) in [7, 11) is 0. The quantitative estimate of drug-likeness (QED) is 0.137. The van der Waals surface area contributed by atoms with Crippen molar-refractivity contribution in [1.82, 2.24) is 14.5 Å². The van der Waals surface area contributed by atoms with Crippen LogP contribution in [0, 0.1) is 10.1 Å². The fourth-order valence-electron chi connectivity index (χ4n) is 4.91. The number of non-ortho nitro benzene ring substituents is 1. The van der Waals surface area contributed by atoms with Crippen LogP contribution in [0.3, 0.4) is 0 Å². The number of fused-ring (bicyclic) bond motifs is 1. The summed E-state index contributed by atoms with van der Waals surface area (Å²) in [5.41, 5.74) is 2.35. The van der Waals surface area contributed by atoms with Gasteiger partial charge in [-0.3, -0.25) is 19.5 Å². The number of amides is 2. The molecule has 1 atom stereocenters. The standard InChI is InChI=1S/C32H28BrN5O4/c1-2-29(30-35-28-11-7-6-10-27(28)31(39)37(30)25-16-12-23(33)13-17-25)36(21-20-22-8-4-3-5-9-22)32(40)34-24-14-18-26(19-15-24)38(41)42/h3-19,29H,2,20-21H2,1H3,(H,34,40). The number of nitrogens with one attached hydrogen (secondary N) is 1. The minimum atomic E-state index is -0.576. The Morgan fingerprint density at radius 3 is 2.31 bits per heavy atom. The number of nitro groups is 1. The average molecular weight is 627 g/mol. The molecule has 0 fully saturated rings. The van der Waals surface area contributed by atoms with Gasteiger partial charge in [0, 0.05) is 28.8 Å². The number of rotatable bonds is 9. The number of hydrogen-bond acceptors (Lipinski definition) is 5. The van der Waals surface area contributed by atoms with Crippen molar-refractivity contribution in [2.75, 3.05) is 11.9 Å². The average Bonchev–Trinajstić information content (AvgIpc) is 3.00. The van der Waals surface area contributed by atoms with Crippen molar-refractivity contribution in [3.05, 3.63) is 139 Å². The zero-order valence-electron chi connectivity index (χ0n) is 22.8. The van der Waals surface area contributed by atoms with Crippen LogP contribution in [0.2, 0.25) is 0 Å². The van der Waals surface area contributed by atoms with Gasteiger partial charge in [0.05, 0.1) is 27.6 Å². The van der Waals surface area contributed by atoms with Crippen molar-refractivity contribution in [2.45, 2.75) is 25.8 Å². The molecule has 1 unspecified atom stereocenters. The van der Waals surface area contributed by atoms with Crippen LogP contribution in [0.4, 0.5) is 16.2 Å². The van der Waals surface area contributed by atoms with Crippen LogP contribution in [0.15, 0.2) is 112 Å². The van der Waals surface area contributed by atoms with Gasteiger partial charge in [-0.2, -0.15) is 0 Å². The zero-order chi connectivity index (χ0) is 29.6. The minimum absolute atomic E-state index is 0.0701. The summed E-state index contributed by atoms with van der Waals surface area (Å²) in [6.07, 6.45) is 1.05. The smallest absolute Gasteiger partial charge is 0.314 e. The van der Waals surface area contributed by atoms with E-state index in [9.17, 15) is 19.7 Å². The van der Waals surface area contributed by atoms with Crippen LogP contribution < -0.4 is 10.9 Å². The van der Waals surface area contributed by atoms with Gasteiger partial charge in [-0.15, -0.1) is 0 Å². The highest BCUT2D eigenvalue weighted by Gasteiger charge is 2.29. The normalized spacial score (nSPS) is 11.7. The van der Waals surface area contributed by atoms with E-state index in [1.54, 1.807) is 27.7 Å². The van der Waals surface area contributed by atoms with Crippen LogP contribution >= 0.6 is 15.9 Å². The largest absolute Gasteiger partial charge is 0.322 e. The van der Waals surface area contributed by atoms with Crippen LogP contribution in [0.5, 0.6) is 0 Å². The zero-order valence-corrected chi connectivity index (χ0v) is 24.4. The molecule has 0 saturated carbocycles. The topological polar surface area (TPSA) is 110 Å². The van der Waals surface area contributed by atoms with E-state index in [1.165, 1.54) is 24.3 Å². The van der Waals surface area contributed by atoms with Gasteiger partial charge < -0.3 is 10.2 Å². The fourth-order valence-corrected chi connectivity index (χ4v) is 5.17. The second-order valence-corrected chi connectivity index (χ2v) is 10.6. The van der Waals surface area contributed by atoms with E-state index in [1.807, 2.05) is 67.6 Å². The van der Waals surface area contributed by atoms with Gasteiger partial charge in [-0.25, -0.2) is 9.78 Å². The lowest BCUT2D eigenvalue weighted by Gasteiger charge is -2.32. The Hall–Kier alpha value is -4.83. The lowest BCUT2D eigenvalue weighted by Crippen LogP contribution is -2.42. The van der Waals surface area contributed by atoms with Gasteiger partial charge in [-0.05, 0) is 66.9 Å². The molecular formula is C32H28BrN5O4. The Balaban J connectivity index is 1.61. The maximum absolute atomic E-state index is 13.9. The van der Waals surface area contributed by atoms with Gasteiger partial charge in [0.1, 0.15) is 5.82 Å². The van der Waals surface area contributed by atoms with E-state index in [2.05, 4.69) is 21.2 Å². The predicted octanol–water partition coefficient (Wildman–Crippen LogP) is 7.28. The van der Waals surface area contributed by atoms with Crippen molar-refractivity contribution in [1.29, 1.82) is 0 Å². The Bertz CT molecular complexity index is 1770. The highest BCUT2D eigenvalue weighted by Crippen LogP contribution is 2.28. The second-order valence-electron chi connectivity index (χ2n) is 9.69. The number of hydrogen-bond donors (Lipinski definition) is 1. The number of carbonyl (C=O) groups is 1. The molecule has 0 aliphatic carbocycles. The van der Waals surface area contributed by atoms with Crippen LogP contribution in [0.1, 0.15) is 30.8 Å². The Morgan fingerprint density at radius 1 is 0.976 bits per heavy atom. The molecule has 212 valence electrons. The molecule has 0 aliphatic heterocycles. The van der Waals surface area contributed by atoms with Crippen LogP contribution in [-0.2, 0) is 6.42 Å². The maximum atomic E-state index is 13.9. The molecule has 1 heterocycles. The molecular weight excluding hydrogens is 598 g/mol. The van der Waals surface area contributed by atoms with E-state index in [4.69, 9.17) is 4.98 Å². The number of nitro benzene ring substituents is 1. The molecule has 9 nitrogen and oxygen atoms in total. The van der Waals surface area contributed by atoms with Crippen molar-refractivity contribution in [3.8, 4) is 5.69 Å². The molecule has 42 heavy (non-hydrogen) atoms. The summed E-state index contributed by atoms with van der Waals surface area (Å²) >= 11 is 3.46. The van der Waals surface area contributed by atoms with Crippen molar-refractivity contribution >= 4 is 44.2 Å². The second kappa shape index (κ2) is 12.8.